The van der Waals surface area contributed by atoms with Gasteiger partial charge < -0.3 is 9.73 Å². The molecule has 1 aliphatic carbocycles. The average molecular weight is 345 g/mol. The fourth-order valence-electron chi connectivity index (χ4n) is 3.13. The van der Waals surface area contributed by atoms with Crippen LogP contribution in [0.1, 0.15) is 48.7 Å². The fourth-order valence-corrected chi connectivity index (χ4v) is 3.76. The standard InChI is InChI=1S/C18H23N3O2S/c1-11-6-8-13(9-7-11)20-17(22)15-12(2)19-16(21-18(15)24-3)14-5-4-10-23-14/h4-5,10-11,13H,6-9H2,1-3H3,(H,20,22). The Morgan fingerprint density at radius 3 is 2.67 bits per heavy atom. The van der Waals surface area contributed by atoms with Crippen LogP contribution in [0.3, 0.4) is 0 Å². The molecule has 2 aromatic heterocycles. The quantitative estimate of drug-likeness (QED) is 0.668. The van der Waals surface area contributed by atoms with Crippen LogP contribution in [0.5, 0.6) is 0 Å². The molecule has 0 aliphatic heterocycles. The zero-order valence-electron chi connectivity index (χ0n) is 14.3. The van der Waals surface area contributed by atoms with Gasteiger partial charge in [0, 0.05) is 6.04 Å². The Morgan fingerprint density at radius 1 is 1.29 bits per heavy atom. The van der Waals surface area contributed by atoms with Crippen molar-refractivity contribution in [2.45, 2.75) is 50.6 Å². The minimum atomic E-state index is -0.0672. The number of amides is 1. The van der Waals surface area contributed by atoms with Gasteiger partial charge in [-0.1, -0.05) is 6.92 Å². The van der Waals surface area contributed by atoms with Crippen LogP contribution in [0, 0.1) is 12.8 Å². The smallest absolute Gasteiger partial charge is 0.256 e. The van der Waals surface area contributed by atoms with Gasteiger partial charge in [0.1, 0.15) is 5.03 Å². The number of nitrogens with zero attached hydrogens (tertiary/aromatic N) is 2. The molecule has 1 aliphatic rings. The molecule has 5 nitrogen and oxygen atoms in total. The third kappa shape index (κ3) is 3.64. The molecule has 6 heteroatoms. The van der Waals surface area contributed by atoms with Gasteiger partial charge in [-0.05, 0) is 56.9 Å². The van der Waals surface area contributed by atoms with E-state index in [1.54, 1.807) is 12.3 Å². The number of thioether (sulfide) groups is 1. The van der Waals surface area contributed by atoms with E-state index >= 15 is 0 Å². The summed E-state index contributed by atoms with van der Waals surface area (Å²) in [5.74, 6) is 1.83. The van der Waals surface area contributed by atoms with Gasteiger partial charge in [0.05, 0.1) is 17.5 Å². The summed E-state index contributed by atoms with van der Waals surface area (Å²) in [5.41, 5.74) is 1.26. The number of aryl methyl sites for hydroxylation is 1. The van der Waals surface area contributed by atoms with E-state index in [4.69, 9.17) is 4.42 Å². The molecule has 3 rings (SSSR count). The van der Waals surface area contributed by atoms with E-state index in [9.17, 15) is 4.79 Å². The molecule has 1 N–H and O–H groups in total. The molecule has 0 radical (unpaired) electrons. The lowest BCUT2D eigenvalue weighted by Crippen LogP contribution is -2.38. The van der Waals surface area contributed by atoms with E-state index in [0.717, 1.165) is 18.8 Å². The fraction of sp³-hybridized carbons (Fsp3) is 0.500. The molecule has 0 spiro atoms. The van der Waals surface area contributed by atoms with Crippen molar-refractivity contribution in [2.24, 2.45) is 5.92 Å². The lowest BCUT2D eigenvalue weighted by Gasteiger charge is -2.27. The first kappa shape index (κ1) is 17.0. The van der Waals surface area contributed by atoms with Gasteiger partial charge in [0.25, 0.3) is 5.91 Å². The van der Waals surface area contributed by atoms with E-state index in [2.05, 4.69) is 22.2 Å². The molecule has 128 valence electrons. The molecule has 0 saturated heterocycles. The topological polar surface area (TPSA) is 68.0 Å². The van der Waals surface area contributed by atoms with Crippen LogP contribution in [0.2, 0.25) is 0 Å². The molecule has 0 atom stereocenters. The van der Waals surface area contributed by atoms with Crippen LogP contribution in [0.4, 0.5) is 0 Å². The SMILES string of the molecule is CSc1nc(-c2ccco2)nc(C)c1C(=O)NC1CCC(C)CC1. The van der Waals surface area contributed by atoms with Crippen molar-refractivity contribution >= 4 is 17.7 Å². The van der Waals surface area contributed by atoms with Crippen LogP contribution >= 0.6 is 11.8 Å². The summed E-state index contributed by atoms with van der Waals surface area (Å²) in [6, 6.07) is 3.88. The molecule has 2 heterocycles. The minimum Gasteiger partial charge on any atom is -0.461 e. The maximum absolute atomic E-state index is 12.8. The molecule has 1 saturated carbocycles. The van der Waals surface area contributed by atoms with Crippen molar-refractivity contribution in [3.63, 3.8) is 0 Å². The maximum Gasteiger partial charge on any atom is 0.256 e. The second-order valence-electron chi connectivity index (χ2n) is 6.42. The molecular formula is C18H23N3O2S. The summed E-state index contributed by atoms with van der Waals surface area (Å²) in [5, 5.41) is 3.86. The van der Waals surface area contributed by atoms with Gasteiger partial charge in [-0.3, -0.25) is 4.79 Å². The average Bonchev–Trinajstić information content (AvgIpc) is 3.10. The van der Waals surface area contributed by atoms with E-state index in [-0.39, 0.29) is 11.9 Å². The lowest BCUT2D eigenvalue weighted by atomic mass is 9.87. The second-order valence-corrected chi connectivity index (χ2v) is 7.22. The molecule has 1 amide bonds. The van der Waals surface area contributed by atoms with Crippen molar-refractivity contribution in [3.05, 3.63) is 29.7 Å². The van der Waals surface area contributed by atoms with Crippen molar-refractivity contribution in [2.75, 3.05) is 6.26 Å². The van der Waals surface area contributed by atoms with E-state index in [1.807, 2.05) is 19.2 Å². The van der Waals surface area contributed by atoms with Gasteiger partial charge in [-0.15, -0.1) is 11.8 Å². The van der Waals surface area contributed by atoms with Crippen LogP contribution in [0.15, 0.2) is 27.8 Å². The highest BCUT2D eigenvalue weighted by atomic mass is 32.2. The highest BCUT2D eigenvalue weighted by Crippen LogP contribution is 2.27. The van der Waals surface area contributed by atoms with E-state index in [1.165, 1.54) is 24.6 Å². The zero-order valence-corrected chi connectivity index (χ0v) is 15.2. The second kappa shape index (κ2) is 7.38. The van der Waals surface area contributed by atoms with Gasteiger partial charge in [-0.25, -0.2) is 9.97 Å². The van der Waals surface area contributed by atoms with Gasteiger partial charge in [-0.2, -0.15) is 0 Å². The lowest BCUT2D eigenvalue weighted by molar-refractivity contribution is 0.0918. The number of carbonyl (C=O) groups excluding carboxylic acids is 1. The normalized spacial score (nSPS) is 20.8. The minimum absolute atomic E-state index is 0.0672. The maximum atomic E-state index is 12.8. The van der Waals surface area contributed by atoms with Crippen LogP contribution < -0.4 is 5.32 Å². The Bertz CT molecular complexity index is 707. The van der Waals surface area contributed by atoms with Gasteiger partial charge >= 0.3 is 0 Å². The number of hydrogen-bond acceptors (Lipinski definition) is 5. The summed E-state index contributed by atoms with van der Waals surface area (Å²) >= 11 is 1.46. The third-order valence-electron chi connectivity index (χ3n) is 4.57. The monoisotopic (exact) mass is 345 g/mol. The number of rotatable bonds is 4. The number of furan rings is 1. The Hall–Kier alpha value is -1.82. The van der Waals surface area contributed by atoms with E-state index in [0.29, 0.717) is 27.9 Å². The van der Waals surface area contributed by atoms with Crippen LogP contribution in [-0.4, -0.2) is 28.2 Å². The van der Waals surface area contributed by atoms with Crippen molar-refractivity contribution in [1.29, 1.82) is 0 Å². The van der Waals surface area contributed by atoms with Crippen LogP contribution in [0.25, 0.3) is 11.6 Å². The summed E-state index contributed by atoms with van der Waals surface area (Å²) in [7, 11) is 0. The molecule has 0 bridgehead atoms. The summed E-state index contributed by atoms with van der Waals surface area (Å²) in [6.45, 7) is 4.13. The van der Waals surface area contributed by atoms with Crippen molar-refractivity contribution < 1.29 is 9.21 Å². The largest absolute Gasteiger partial charge is 0.461 e. The molecular weight excluding hydrogens is 322 g/mol. The van der Waals surface area contributed by atoms with Crippen molar-refractivity contribution in [3.8, 4) is 11.6 Å². The summed E-state index contributed by atoms with van der Waals surface area (Å²) in [6.07, 6.45) is 7.96. The number of nitrogens with one attached hydrogen (secondary N) is 1. The van der Waals surface area contributed by atoms with Gasteiger partial charge in [0.15, 0.2) is 11.6 Å². The molecule has 24 heavy (non-hydrogen) atoms. The summed E-state index contributed by atoms with van der Waals surface area (Å²) in [4.78, 5) is 21.8. The zero-order chi connectivity index (χ0) is 17.1. The molecule has 2 aromatic rings. The first-order valence-electron chi connectivity index (χ1n) is 8.36. The Labute approximate surface area is 146 Å². The molecule has 0 aromatic carbocycles. The van der Waals surface area contributed by atoms with E-state index < -0.39 is 0 Å². The molecule has 0 unspecified atom stereocenters. The predicted octanol–water partition coefficient (Wildman–Crippen LogP) is 4.08. The highest BCUT2D eigenvalue weighted by molar-refractivity contribution is 7.98. The Kier molecular flexibility index (Phi) is 5.23. The number of aromatic nitrogens is 2. The number of carbonyl (C=O) groups is 1. The Morgan fingerprint density at radius 2 is 2.04 bits per heavy atom. The highest BCUT2D eigenvalue weighted by Gasteiger charge is 2.24. The first-order chi connectivity index (χ1) is 11.6. The first-order valence-corrected chi connectivity index (χ1v) is 9.58. The predicted molar refractivity (Wildman–Crippen MR) is 95.1 cm³/mol. The molecule has 1 fully saturated rings. The van der Waals surface area contributed by atoms with Crippen molar-refractivity contribution in [1.82, 2.24) is 15.3 Å². The summed E-state index contributed by atoms with van der Waals surface area (Å²) < 4.78 is 5.37. The third-order valence-corrected chi connectivity index (χ3v) is 5.25. The number of hydrogen-bond donors (Lipinski definition) is 1. The van der Waals surface area contributed by atoms with Gasteiger partial charge in [0.2, 0.25) is 0 Å². The van der Waals surface area contributed by atoms with Crippen LogP contribution in [-0.2, 0) is 0 Å². The Balaban J connectivity index is 1.83.